The first-order valence-corrected chi connectivity index (χ1v) is 11.7. The van der Waals surface area contributed by atoms with Crippen LogP contribution in [-0.4, -0.2) is 69.5 Å². The average molecular weight is 459 g/mol. The second-order valence-corrected chi connectivity index (χ2v) is 8.76. The molecule has 0 saturated carbocycles. The van der Waals surface area contributed by atoms with Crippen LogP contribution in [0.25, 0.3) is 16.9 Å². The van der Waals surface area contributed by atoms with Crippen molar-refractivity contribution in [3.63, 3.8) is 0 Å². The number of carbonyl (C=O) groups excluding carboxylic acids is 1. The Kier molecular flexibility index (Phi) is 6.42. The Morgan fingerprint density at radius 1 is 1.09 bits per heavy atom. The van der Waals surface area contributed by atoms with Crippen LogP contribution in [0.1, 0.15) is 27.2 Å². The minimum Gasteiger partial charge on any atom is -0.379 e. The van der Waals surface area contributed by atoms with Gasteiger partial charge in [0.25, 0.3) is 5.91 Å². The Hall–Kier alpha value is -3.49. The van der Waals surface area contributed by atoms with Crippen LogP contribution in [-0.2, 0) is 11.3 Å². The lowest BCUT2D eigenvalue weighted by molar-refractivity contribution is 0.0383. The average Bonchev–Trinajstić information content (AvgIpc) is 3.49. The fraction of sp³-hybridized carbons (Fsp3) is 0.346. The molecule has 34 heavy (non-hydrogen) atoms. The summed E-state index contributed by atoms with van der Waals surface area (Å²) in [6.07, 6.45) is 4.00. The summed E-state index contributed by atoms with van der Waals surface area (Å²) in [5.41, 5.74) is 4.71. The van der Waals surface area contributed by atoms with E-state index in [1.165, 1.54) is 0 Å². The van der Waals surface area contributed by atoms with Crippen molar-refractivity contribution in [1.82, 2.24) is 29.5 Å². The van der Waals surface area contributed by atoms with Gasteiger partial charge in [0, 0.05) is 49.8 Å². The molecule has 0 spiro atoms. The normalized spacial score (nSPS) is 14.5. The van der Waals surface area contributed by atoms with E-state index in [9.17, 15) is 4.79 Å². The largest absolute Gasteiger partial charge is 0.379 e. The van der Waals surface area contributed by atoms with Gasteiger partial charge in [0.1, 0.15) is 0 Å². The van der Waals surface area contributed by atoms with Crippen molar-refractivity contribution in [2.24, 2.45) is 0 Å². The summed E-state index contributed by atoms with van der Waals surface area (Å²) in [5.74, 6) is 0.827. The summed E-state index contributed by atoms with van der Waals surface area (Å²) < 4.78 is 9.33. The highest BCUT2D eigenvalue weighted by molar-refractivity contribution is 5.94. The van der Waals surface area contributed by atoms with E-state index in [0.29, 0.717) is 18.7 Å². The summed E-state index contributed by atoms with van der Waals surface area (Å²) in [7, 11) is 0. The van der Waals surface area contributed by atoms with Crippen LogP contribution in [0, 0.1) is 13.8 Å². The van der Waals surface area contributed by atoms with Gasteiger partial charge in [0.2, 0.25) is 0 Å². The van der Waals surface area contributed by atoms with Crippen molar-refractivity contribution in [3.05, 3.63) is 77.2 Å². The van der Waals surface area contributed by atoms with Crippen molar-refractivity contribution in [1.29, 1.82) is 0 Å². The van der Waals surface area contributed by atoms with Crippen LogP contribution in [0.4, 0.5) is 0 Å². The van der Waals surface area contributed by atoms with Gasteiger partial charge < -0.3 is 14.6 Å². The number of nitrogens with one attached hydrogen (secondary N) is 1. The molecule has 1 N–H and O–H groups in total. The maximum Gasteiger partial charge on any atom is 0.251 e. The number of ether oxygens (including phenoxy) is 1. The number of morpholine rings is 1. The fourth-order valence-electron chi connectivity index (χ4n) is 4.45. The summed E-state index contributed by atoms with van der Waals surface area (Å²) in [5, 5.41) is 8.97. The number of hydrogen-bond donors (Lipinski definition) is 1. The molecule has 1 fully saturated rings. The highest BCUT2D eigenvalue weighted by Gasteiger charge is 2.17. The summed E-state index contributed by atoms with van der Waals surface area (Å²) in [6.45, 7) is 9.53. The fourth-order valence-corrected chi connectivity index (χ4v) is 4.45. The predicted molar refractivity (Wildman–Crippen MR) is 131 cm³/mol. The molecule has 1 saturated heterocycles. The predicted octanol–water partition coefficient (Wildman–Crippen LogP) is 2.95. The molecule has 4 heterocycles. The summed E-state index contributed by atoms with van der Waals surface area (Å²) >= 11 is 0. The lowest BCUT2D eigenvalue weighted by Crippen LogP contribution is -2.41. The number of rotatable bonds is 7. The third kappa shape index (κ3) is 4.73. The molecule has 5 rings (SSSR count). The molecule has 8 nitrogen and oxygen atoms in total. The van der Waals surface area contributed by atoms with E-state index in [-0.39, 0.29) is 5.91 Å². The molecule has 4 aromatic rings. The molecule has 8 heteroatoms. The molecule has 3 aromatic heterocycles. The lowest BCUT2D eigenvalue weighted by Gasteiger charge is -2.26. The minimum absolute atomic E-state index is 0.0489. The standard InChI is InChI=1S/C26H30N6O2/c1-19-17-20(2)28-24-23(19)25(31-10-3-4-11-31)29-32(24)18-21-5-7-22(8-6-21)26(33)27-9-12-30-13-15-34-16-14-30/h3-8,10-11,17H,9,12-16,18H2,1-2H3,(H,27,33). The van der Waals surface area contributed by atoms with Gasteiger partial charge in [-0.3, -0.25) is 9.69 Å². The first-order valence-electron chi connectivity index (χ1n) is 11.7. The number of aromatic nitrogens is 4. The van der Waals surface area contributed by atoms with Gasteiger partial charge in [0.05, 0.1) is 25.1 Å². The van der Waals surface area contributed by atoms with Gasteiger partial charge in [-0.2, -0.15) is 5.10 Å². The maximum atomic E-state index is 12.6. The van der Waals surface area contributed by atoms with Crippen LogP contribution in [0.15, 0.2) is 54.9 Å². The van der Waals surface area contributed by atoms with Gasteiger partial charge in [-0.1, -0.05) is 12.1 Å². The Balaban J connectivity index is 1.30. The van der Waals surface area contributed by atoms with Crippen LogP contribution in [0.5, 0.6) is 0 Å². The maximum absolute atomic E-state index is 12.6. The second kappa shape index (κ2) is 9.79. The van der Waals surface area contributed by atoms with Crippen molar-refractivity contribution in [3.8, 4) is 5.82 Å². The topological polar surface area (TPSA) is 77.2 Å². The minimum atomic E-state index is -0.0489. The van der Waals surface area contributed by atoms with Gasteiger partial charge in [-0.15, -0.1) is 0 Å². The van der Waals surface area contributed by atoms with Crippen LogP contribution in [0.2, 0.25) is 0 Å². The molecular formula is C26H30N6O2. The van der Waals surface area contributed by atoms with E-state index < -0.39 is 0 Å². The second-order valence-electron chi connectivity index (χ2n) is 8.76. The molecule has 1 amide bonds. The molecule has 0 aliphatic carbocycles. The first kappa shape index (κ1) is 22.3. The van der Waals surface area contributed by atoms with Crippen LogP contribution in [0.3, 0.4) is 0 Å². The number of amides is 1. The number of fused-ring (bicyclic) bond motifs is 1. The zero-order valence-corrected chi connectivity index (χ0v) is 19.7. The van der Waals surface area contributed by atoms with Crippen molar-refractivity contribution < 1.29 is 9.53 Å². The SMILES string of the molecule is Cc1cc(C)c2c(-n3cccc3)nn(Cc3ccc(C(=O)NCCN4CCOCC4)cc3)c2n1. The third-order valence-electron chi connectivity index (χ3n) is 6.22. The van der Waals surface area contributed by atoms with E-state index in [1.54, 1.807) is 0 Å². The number of nitrogens with zero attached hydrogens (tertiary/aromatic N) is 5. The van der Waals surface area contributed by atoms with Gasteiger partial charge >= 0.3 is 0 Å². The first-order chi connectivity index (χ1) is 16.6. The number of hydrogen-bond acceptors (Lipinski definition) is 5. The smallest absolute Gasteiger partial charge is 0.251 e. The summed E-state index contributed by atoms with van der Waals surface area (Å²) in [4.78, 5) is 19.7. The molecular weight excluding hydrogens is 428 g/mol. The number of aryl methyl sites for hydroxylation is 2. The van der Waals surface area contributed by atoms with E-state index >= 15 is 0 Å². The van der Waals surface area contributed by atoms with Crippen LogP contribution < -0.4 is 5.32 Å². The third-order valence-corrected chi connectivity index (χ3v) is 6.22. The lowest BCUT2D eigenvalue weighted by atomic mass is 10.1. The highest BCUT2D eigenvalue weighted by atomic mass is 16.5. The quantitative estimate of drug-likeness (QED) is 0.461. The molecule has 0 unspecified atom stereocenters. The van der Waals surface area contributed by atoms with E-state index in [1.807, 2.05) is 65.0 Å². The van der Waals surface area contributed by atoms with Crippen LogP contribution >= 0.6 is 0 Å². The number of carbonyl (C=O) groups is 1. The van der Waals surface area contributed by atoms with Gasteiger partial charge in [0.15, 0.2) is 11.5 Å². The zero-order chi connectivity index (χ0) is 23.5. The van der Waals surface area contributed by atoms with Gasteiger partial charge in [-0.25, -0.2) is 9.67 Å². The van der Waals surface area contributed by atoms with Crippen molar-refractivity contribution >= 4 is 16.9 Å². The van der Waals surface area contributed by atoms with Crippen molar-refractivity contribution in [2.75, 3.05) is 39.4 Å². The monoisotopic (exact) mass is 458 g/mol. The molecule has 1 aliphatic rings. The number of pyridine rings is 1. The highest BCUT2D eigenvalue weighted by Crippen LogP contribution is 2.25. The molecule has 0 bridgehead atoms. The zero-order valence-electron chi connectivity index (χ0n) is 19.7. The molecule has 176 valence electrons. The Labute approximate surface area is 199 Å². The molecule has 0 atom stereocenters. The number of benzene rings is 1. The molecule has 0 radical (unpaired) electrons. The molecule has 1 aromatic carbocycles. The van der Waals surface area contributed by atoms with Crippen molar-refractivity contribution in [2.45, 2.75) is 20.4 Å². The van der Waals surface area contributed by atoms with E-state index in [2.05, 4.69) is 23.2 Å². The van der Waals surface area contributed by atoms with E-state index in [4.69, 9.17) is 14.8 Å². The van der Waals surface area contributed by atoms with Gasteiger partial charge in [-0.05, 0) is 55.3 Å². The Morgan fingerprint density at radius 2 is 1.82 bits per heavy atom. The van der Waals surface area contributed by atoms with E-state index in [0.717, 1.165) is 66.5 Å². The molecule has 1 aliphatic heterocycles. The summed E-state index contributed by atoms with van der Waals surface area (Å²) in [6, 6.07) is 13.8. The Morgan fingerprint density at radius 3 is 2.56 bits per heavy atom. The Bertz CT molecular complexity index is 1270.